The molecule has 0 unspecified atom stereocenters. The van der Waals surface area contributed by atoms with E-state index in [9.17, 15) is 0 Å². The summed E-state index contributed by atoms with van der Waals surface area (Å²) in [6.45, 7) is 0. The largest absolute Gasteiger partial charge is 0.243 e. The second-order valence-corrected chi connectivity index (χ2v) is 0.712. The molecule has 7 heavy (non-hydrogen) atoms. The highest BCUT2D eigenvalue weighted by atomic mass is 35.5. The maximum Gasteiger partial charge on any atom is 0.115 e. The van der Waals surface area contributed by atoms with Gasteiger partial charge in [-0.25, -0.2) is 10.3 Å². The minimum Gasteiger partial charge on any atom is -0.243 e. The molecule has 1 aliphatic rings. The van der Waals surface area contributed by atoms with E-state index < -0.39 is 0 Å². The monoisotopic (exact) mass is 139 g/mol. The van der Waals surface area contributed by atoms with Crippen LogP contribution >= 0.6 is 24.8 Å². The molecule has 0 aromatic heterocycles. The van der Waals surface area contributed by atoms with Gasteiger partial charge in [0, 0.05) is 12.4 Å². The normalized spacial score (nSPS) is 11.4. The lowest BCUT2D eigenvalue weighted by molar-refractivity contribution is 1.34. The third kappa shape index (κ3) is 3.62. The van der Waals surface area contributed by atoms with Gasteiger partial charge < -0.3 is 0 Å². The summed E-state index contributed by atoms with van der Waals surface area (Å²) < 4.78 is 0. The average molecular weight is 140 g/mol. The van der Waals surface area contributed by atoms with Crippen LogP contribution in [0.3, 0.4) is 0 Å². The Balaban J connectivity index is 0. The second kappa shape index (κ2) is 5.79. The highest BCUT2D eigenvalue weighted by molar-refractivity contribution is 5.85. The van der Waals surface area contributed by atoms with Crippen LogP contribution in [0.2, 0.25) is 0 Å². The lowest BCUT2D eigenvalue weighted by Gasteiger charge is -1.60. The van der Waals surface area contributed by atoms with Crippen LogP contribution in [0, 0.1) is 0 Å². The Morgan fingerprint density at radius 3 is 1.86 bits per heavy atom. The molecule has 41 valence electrons. The number of hydrogen-bond donors (Lipinski definition) is 0. The molecule has 0 amide bonds. The van der Waals surface area contributed by atoms with Crippen molar-refractivity contribution in [2.75, 3.05) is 0 Å². The molecule has 4 heteroatoms. The fraction of sp³-hybridized carbons (Fsp3) is 0. The van der Waals surface area contributed by atoms with Crippen LogP contribution in [0.15, 0.2) is 17.4 Å². The van der Waals surface area contributed by atoms with Crippen LogP contribution < -0.4 is 5.32 Å². The molecule has 0 bridgehead atoms. The fourth-order valence-electron chi connectivity index (χ4n) is 0.192. The number of hydrogen-bond acceptors (Lipinski definition) is 1. The Labute approximate surface area is 54.5 Å². The highest BCUT2D eigenvalue weighted by Gasteiger charge is 1.72. The first kappa shape index (κ1) is 9.92. The maximum absolute atomic E-state index is 3.61. The zero-order valence-electron chi connectivity index (χ0n) is 3.44. The maximum atomic E-state index is 3.61. The van der Waals surface area contributed by atoms with Gasteiger partial charge in [0.15, 0.2) is 0 Å². The second-order valence-electron chi connectivity index (χ2n) is 0.712. The van der Waals surface area contributed by atoms with Crippen molar-refractivity contribution in [1.29, 1.82) is 0 Å². The first-order valence-corrected chi connectivity index (χ1v) is 1.37. The molecule has 1 aliphatic heterocycles. The first-order valence-electron chi connectivity index (χ1n) is 1.37. The van der Waals surface area contributed by atoms with Gasteiger partial charge in [0.1, 0.15) is 6.34 Å². The number of rotatable bonds is 0. The zero-order valence-corrected chi connectivity index (χ0v) is 5.08. The minimum absolute atomic E-state index is 0. The molecule has 1 rings (SSSR count). The summed E-state index contributed by atoms with van der Waals surface area (Å²) in [6, 6.07) is 0. The molecule has 0 spiro atoms. The third-order valence-electron chi connectivity index (χ3n) is 0.372. The van der Waals surface area contributed by atoms with E-state index in [1.165, 1.54) is 6.34 Å². The van der Waals surface area contributed by atoms with Crippen molar-refractivity contribution in [1.82, 2.24) is 5.32 Å². The van der Waals surface area contributed by atoms with Crippen molar-refractivity contribution >= 4 is 31.2 Å². The van der Waals surface area contributed by atoms with Gasteiger partial charge in [-0.2, -0.15) is 0 Å². The molecule has 0 aromatic carbocycles. The predicted molar refractivity (Wildman–Crippen MR) is 34.3 cm³/mol. The van der Waals surface area contributed by atoms with Gasteiger partial charge in [0.2, 0.25) is 0 Å². The zero-order chi connectivity index (χ0) is 3.54. The molecule has 2 nitrogen and oxygen atoms in total. The number of halogens is 2. The van der Waals surface area contributed by atoms with Gasteiger partial charge in [-0.3, -0.25) is 0 Å². The molecule has 0 aromatic rings. The molecule has 1 heterocycles. The van der Waals surface area contributed by atoms with Gasteiger partial charge in [-0.15, -0.1) is 24.8 Å². The van der Waals surface area contributed by atoms with Gasteiger partial charge in [0.25, 0.3) is 0 Å². The Hall–Kier alpha value is -0.210. The van der Waals surface area contributed by atoms with Crippen LogP contribution in [-0.2, 0) is 0 Å². The van der Waals surface area contributed by atoms with E-state index in [4.69, 9.17) is 0 Å². The van der Waals surface area contributed by atoms with E-state index >= 15 is 0 Å². The van der Waals surface area contributed by atoms with Gasteiger partial charge in [-0.1, -0.05) is 0 Å². The Bertz CT molecular complexity index is 69.0. The van der Waals surface area contributed by atoms with Gasteiger partial charge in [0.05, 0.1) is 0 Å². The van der Waals surface area contributed by atoms with Crippen LogP contribution in [0.4, 0.5) is 0 Å². The van der Waals surface area contributed by atoms with Gasteiger partial charge in [-0.05, 0) is 0 Å². The van der Waals surface area contributed by atoms with E-state index in [1.807, 2.05) is 0 Å². The topological polar surface area (TPSA) is 26.5 Å². The minimum atomic E-state index is 0. The first-order chi connectivity index (χ1) is 2.50. The fourth-order valence-corrected chi connectivity index (χ4v) is 0.192. The molecule has 0 N–H and O–H groups in total. The van der Waals surface area contributed by atoms with Crippen molar-refractivity contribution in [2.45, 2.75) is 0 Å². The Kier molecular flexibility index (Phi) is 8.21. The number of nitrogens with zero attached hydrogens (tertiary/aromatic N) is 2. The molecular formula is C3H5Cl2N2. The summed E-state index contributed by atoms with van der Waals surface area (Å²) in [7, 11) is 0. The Morgan fingerprint density at radius 1 is 1.00 bits per heavy atom. The third-order valence-corrected chi connectivity index (χ3v) is 0.372. The van der Waals surface area contributed by atoms with Crippen molar-refractivity contribution in [2.24, 2.45) is 4.99 Å². The average Bonchev–Trinajstić information content (AvgIpc) is 1.76. The summed E-state index contributed by atoms with van der Waals surface area (Å²) in [4.78, 5) is 3.61. The smallest absolute Gasteiger partial charge is 0.115 e. The summed E-state index contributed by atoms with van der Waals surface area (Å²) in [5, 5.41) is 3.61. The standard InChI is InChI=1S/C3H3N2.2ClH/c1-2-5-3-4-1;;/h1-3H;2*1H. The van der Waals surface area contributed by atoms with Crippen LogP contribution in [-0.4, -0.2) is 6.34 Å². The van der Waals surface area contributed by atoms with E-state index in [2.05, 4.69) is 10.3 Å². The van der Waals surface area contributed by atoms with E-state index in [-0.39, 0.29) is 24.8 Å². The van der Waals surface area contributed by atoms with Crippen molar-refractivity contribution in [3.8, 4) is 0 Å². The van der Waals surface area contributed by atoms with Crippen LogP contribution in [0.1, 0.15) is 0 Å². The molecule has 0 saturated carbocycles. The molecule has 0 aliphatic carbocycles. The molecular weight excluding hydrogens is 135 g/mol. The van der Waals surface area contributed by atoms with E-state index in [0.717, 1.165) is 0 Å². The molecule has 0 saturated heterocycles. The predicted octanol–water partition coefficient (Wildman–Crippen LogP) is 0.948. The number of aliphatic imine (C=N–C) groups is 1. The Morgan fingerprint density at radius 2 is 1.71 bits per heavy atom. The molecule has 1 radical (unpaired) electrons. The van der Waals surface area contributed by atoms with Crippen LogP contribution in [0.25, 0.3) is 0 Å². The van der Waals surface area contributed by atoms with Crippen LogP contribution in [0.5, 0.6) is 0 Å². The summed E-state index contributed by atoms with van der Waals surface area (Å²) in [6.07, 6.45) is 4.78. The molecule has 0 atom stereocenters. The van der Waals surface area contributed by atoms with Gasteiger partial charge >= 0.3 is 0 Å². The van der Waals surface area contributed by atoms with E-state index in [0.29, 0.717) is 0 Å². The SMILES string of the molecule is C1=CN=C[N]1.Cl.Cl. The van der Waals surface area contributed by atoms with E-state index in [1.54, 1.807) is 12.4 Å². The summed E-state index contributed by atoms with van der Waals surface area (Å²) in [5.74, 6) is 0. The van der Waals surface area contributed by atoms with Crippen molar-refractivity contribution in [3.05, 3.63) is 12.4 Å². The lowest BCUT2D eigenvalue weighted by atomic mass is 11.0. The van der Waals surface area contributed by atoms with Crippen molar-refractivity contribution < 1.29 is 0 Å². The molecule has 0 fully saturated rings. The summed E-state index contributed by atoms with van der Waals surface area (Å²) >= 11 is 0. The lowest BCUT2D eigenvalue weighted by Crippen LogP contribution is -1.79. The quantitative estimate of drug-likeness (QED) is 0.478. The van der Waals surface area contributed by atoms with Crippen molar-refractivity contribution in [3.63, 3.8) is 0 Å². The highest BCUT2D eigenvalue weighted by Crippen LogP contribution is 1.74. The summed E-state index contributed by atoms with van der Waals surface area (Å²) in [5.41, 5.74) is 0.